The fourth-order valence-electron chi connectivity index (χ4n) is 2.91. The molecule has 0 spiro atoms. The highest BCUT2D eigenvalue weighted by molar-refractivity contribution is 7.87. The molecule has 0 aliphatic carbocycles. The van der Waals surface area contributed by atoms with Crippen LogP contribution in [0.5, 0.6) is 5.75 Å². The first-order valence-corrected chi connectivity index (χ1v) is 9.45. The zero-order valence-corrected chi connectivity index (χ0v) is 15.0. The van der Waals surface area contributed by atoms with Crippen LogP contribution in [0, 0.1) is 6.92 Å². The lowest BCUT2D eigenvalue weighted by Gasteiger charge is -2.18. The Labute approximate surface area is 151 Å². The molecule has 0 unspecified atom stereocenters. The smallest absolute Gasteiger partial charge is 0.339 e. The zero-order valence-electron chi connectivity index (χ0n) is 14.1. The van der Waals surface area contributed by atoms with Crippen LogP contribution in [0.25, 0.3) is 0 Å². The minimum atomic E-state index is -4.17. The van der Waals surface area contributed by atoms with E-state index in [-0.39, 0.29) is 22.1 Å². The van der Waals surface area contributed by atoms with Crippen LogP contribution in [0.4, 0.5) is 5.69 Å². The molecule has 0 aromatic heterocycles. The second-order valence-electron chi connectivity index (χ2n) is 6.00. The number of nitrogens with two attached hydrogens (primary N) is 1. The van der Waals surface area contributed by atoms with Crippen molar-refractivity contribution in [3.05, 3.63) is 53.6 Å². The fraction of sp³-hybridized carbons (Fsp3) is 0.222. The fourth-order valence-corrected chi connectivity index (χ4v) is 4.07. The third-order valence-corrected chi connectivity index (χ3v) is 5.56. The van der Waals surface area contributed by atoms with E-state index in [0.29, 0.717) is 24.2 Å². The van der Waals surface area contributed by atoms with Crippen LogP contribution in [0.1, 0.15) is 28.8 Å². The van der Waals surface area contributed by atoms with E-state index < -0.39 is 16.0 Å². The van der Waals surface area contributed by atoms with Gasteiger partial charge in [-0.2, -0.15) is 8.42 Å². The number of aryl methyl sites for hydroxylation is 1. The van der Waals surface area contributed by atoms with E-state index in [1.807, 2.05) is 0 Å². The molecule has 2 aromatic carbocycles. The molecule has 1 heterocycles. The minimum Gasteiger partial charge on any atom is -0.378 e. The molecule has 0 atom stereocenters. The van der Waals surface area contributed by atoms with Crippen LogP contribution in [0.3, 0.4) is 0 Å². The van der Waals surface area contributed by atoms with E-state index in [1.165, 1.54) is 18.2 Å². The predicted octanol–water partition coefficient (Wildman–Crippen LogP) is 1.99. The zero-order chi connectivity index (χ0) is 18.9. The lowest BCUT2D eigenvalue weighted by molar-refractivity contribution is -0.117. The van der Waals surface area contributed by atoms with E-state index in [9.17, 15) is 18.0 Å². The van der Waals surface area contributed by atoms with E-state index in [1.54, 1.807) is 36.1 Å². The average molecular weight is 374 g/mol. The Bertz CT molecular complexity index is 985. The van der Waals surface area contributed by atoms with Crippen LogP contribution in [0.2, 0.25) is 0 Å². The third kappa shape index (κ3) is 3.41. The van der Waals surface area contributed by atoms with Crippen LogP contribution in [0.15, 0.2) is 47.4 Å². The van der Waals surface area contributed by atoms with Crippen molar-refractivity contribution < 1.29 is 22.2 Å². The molecule has 2 amide bonds. The summed E-state index contributed by atoms with van der Waals surface area (Å²) < 4.78 is 30.4. The van der Waals surface area contributed by atoms with Crippen LogP contribution in [-0.2, 0) is 14.9 Å². The lowest BCUT2D eigenvalue weighted by atomic mass is 10.2. The number of hydrogen-bond donors (Lipinski definition) is 1. The van der Waals surface area contributed by atoms with Gasteiger partial charge in [0.1, 0.15) is 4.90 Å². The number of anilines is 1. The third-order valence-electron chi connectivity index (χ3n) is 4.16. The van der Waals surface area contributed by atoms with E-state index >= 15 is 0 Å². The number of benzene rings is 2. The average Bonchev–Trinajstić information content (AvgIpc) is 3.00. The van der Waals surface area contributed by atoms with Crippen LogP contribution >= 0.6 is 0 Å². The van der Waals surface area contributed by atoms with E-state index in [4.69, 9.17) is 9.92 Å². The number of nitrogens with zero attached hydrogens (tertiary/aromatic N) is 1. The maximum Gasteiger partial charge on any atom is 0.339 e. The van der Waals surface area contributed by atoms with Gasteiger partial charge in [-0.05, 0) is 49.2 Å². The van der Waals surface area contributed by atoms with Crippen molar-refractivity contribution in [3.63, 3.8) is 0 Å². The Morgan fingerprint density at radius 3 is 2.54 bits per heavy atom. The van der Waals surface area contributed by atoms with Crippen molar-refractivity contribution in [3.8, 4) is 5.75 Å². The Kier molecular flexibility index (Phi) is 4.69. The number of carbonyl (C=O) groups excluding carboxylic acids is 2. The van der Waals surface area contributed by atoms with Gasteiger partial charge in [-0.1, -0.05) is 12.1 Å². The maximum absolute atomic E-state index is 12.6. The van der Waals surface area contributed by atoms with Crippen molar-refractivity contribution in [2.24, 2.45) is 5.73 Å². The first kappa shape index (κ1) is 17.9. The van der Waals surface area contributed by atoms with Crippen LogP contribution in [-0.4, -0.2) is 26.8 Å². The summed E-state index contributed by atoms with van der Waals surface area (Å²) in [6.45, 7) is 2.24. The van der Waals surface area contributed by atoms with Gasteiger partial charge in [0.05, 0.1) is 5.56 Å². The molecule has 8 heteroatoms. The summed E-state index contributed by atoms with van der Waals surface area (Å²) in [6.07, 6.45) is 1.27. The van der Waals surface area contributed by atoms with Crippen molar-refractivity contribution in [1.82, 2.24) is 0 Å². The Balaban J connectivity index is 1.93. The van der Waals surface area contributed by atoms with Gasteiger partial charge in [0.25, 0.3) is 5.91 Å². The number of amides is 2. The molecule has 2 N–H and O–H groups in total. The van der Waals surface area contributed by atoms with Gasteiger partial charge in [0, 0.05) is 18.7 Å². The summed E-state index contributed by atoms with van der Waals surface area (Å²) in [4.78, 5) is 24.9. The highest BCUT2D eigenvalue weighted by Gasteiger charge is 2.25. The number of rotatable bonds is 5. The number of primary amides is 1. The Morgan fingerprint density at radius 2 is 1.92 bits per heavy atom. The molecule has 1 fully saturated rings. The molecular weight excluding hydrogens is 356 g/mol. The standard InChI is InChI=1S/C18H18N2O5S/c1-12-11-13(20-10-4-7-17(20)21)8-9-16(12)26(23,24)25-15-6-3-2-5-14(15)18(19)22/h2-3,5-6,8-9,11H,4,7,10H2,1H3,(H2,19,22). The van der Waals surface area contributed by atoms with Gasteiger partial charge < -0.3 is 14.8 Å². The van der Waals surface area contributed by atoms with Gasteiger partial charge in [0.2, 0.25) is 5.91 Å². The Hall–Kier alpha value is -2.87. The molecule has 1 aliphatic rings. The molecule has 3 rings (SSSR count). The molecule has 26 heavy (non-hydrogen) atoms. The molecule has 0 radical (unpaired) electrons. The predicted molar refractivity (Wildman–Crippen MR) is 95.5 cm³/mol. The van der Waals surface area contributed by atoms with Gasteiger partial charge in [-0.15, -0.1) is 0 Å². The molecule has 1 aliphatic heterocycles. The normalized spacial score (nSPS) is 14.5. The highest BCUT2D eigenvalue weighted by Crippen LogP contribution is 2.28. The molecule has 0 bridgehead atoms. The van der Waals surface area contributed by atoms with Crippen molar-refractivity contribution >= 4 is 27.6 Å². The number of carbonyl (C=O) groups is 2. The molecule has 7 nitrogen and oxygen atoms in total. The molecule has 136 valence electrons. The molecule has 0 saturated carbocycles. The van der Waals surface area contributed by atoms with Gasteiger partial charge >= 0.3 is 10.1 Å². The largest absolute Gasteiger partial charge is 0.378 e. The minimum absolute atomic E-state index is 0.0200. The van der Waals surface area contributed by atoms with Crippen LogP contribution < -0.4 is 14.8 Å². The maximum atomic E-state index is 12.6. The summed E-state index contributed by atoms with van der Waals surface area (Å²) in [6, 6.07) is 10.5. The lowest BCUT2D eigenvalue weighted by Crippen LogP contribution is -2.24. The summed E-state index contributed by atoms with van der Waals surface area (Å²) >= 11 is 0. The summed E-state index contributed by atoms with van der Waals surface area (Å²) in [5.41, 5.74) is 6.33. The second kappa shape index (κ2) is 6.80. The summed E-state index contributed by atoms with van der Waals surface area (Å²) in [7, 11) is -4.17. The molecule has 1 saturated heterocycles. The quantitative estimate of drug-likeness (QED) is 0.806. The van der Waals surface area contributed by atoms with E-state index in [0.717, 1.165) is 6.42 Å². The molecular formula is C18H18N2O5S. The Morgan fingerprint density at radius 1 is 1.19 bits per heavy atom. The number of para-hydroxylation sites is 1. The first-order valence-electron chi connectivity index (χ1n) is 8.04. The molecule has 2 aromatic rings. The summed E-state index contributed by atoms with van der Waals surface area (Å²) in [5.74, 6) is -0.889. The first-order chi connectivity index (χ1) is 12.3. The highest BCUT2D eigenvalue weighted by atomic mass is 32.2. The second-order valence-corrected chi connectivity index (χ2v) is 7.51. The SMILES string of the molecule is Cc1cc(N2CCCC2=O)ccc1S(=O)(=O)Oc1ccccc1C(N)=O. The summed E-state index contributed by atoms with van der Waals surface area (Å²) in [5, 5.41) is 0. The van der Waals surface area contributed by atoms with Crippen molar-refractivity contribution in [1.29, 1.82) is 0 Å². The van der Waals surface area contributed by atoms with Gasteiger partial charge in [-0.3, -0.25) is 9.59 Å². The van der Waals surface area contributed by atoms with Crippen molar-refractivity contribution in [2.45, 2.75) is 24.7 Å². The number of hydrogen-bond acceptors (Lipinski definition) is 5. The topological polar surface area (TPSA) is 107 Å². The van der Waals surface area contributed by atoms with Crippen molar-refractivity contribution in [2.75, 3.05) is 11.4 Å². The van der Waals surface area contributed by atoms with Gasteiger partial charge in [0.15, 0.2) is 5.75 Å². The van der Waals surface area contributed by atoms with E-state index in [2.05, 4.69) is 0 Å². The van der Waals surface area contributed by atoms with Gasteiger partial charge in [-0.25, -0.2) is 0 Å². The monoisotopic (exact) mass is 374 g/mol.